The van der Waals surface area contributed by atoms with E-state index in [1.165, 1.54) is 18.9 Å². The first-order valence-electron chi connectivity index (χ1n) is 9.48. The second-order valence-corrected chi connectivity index (χ2v) is 8.66. The van der Waals surface area contributed by atoms with E-state index in [0.717, 1.165) is 17.7 Å². The number of halogens is 1. The van der Waals surface area contributed by atoms with E-state index in [4.69, 9.17) is 9.47 Å². The van der Waals surface area contributed by atoms with Crippen molar-refractivity contribution in [2.24, 2.45) is 4.99 Å². The fraction of sp³-hybridized carbons (Fsp3) is 0.227. The van der Waals surface area contributed by atoms with Crippen molar-refractivity contribution in [3.8, 4) is 11.5 Å². The minimum atomic E-state index is -1.32. The monoisotopic (exact) mass is 551 g/mol. The van der Waals surface area contributed by atoms with Crippen molar-refractivity contribution in [1.29, 1.82) is 0 Å². The number of rotatable bonds is 8. The number of para-hydroxylation sites is 1. The maximum absolute atomic E-state index is 13.0. The standard InChI is InChI=1S/C22H21IN2O5S/c1-3-9-25-21(28)18(31-22(25)24-15-7-5-4-6-8-15)12-14-10-16(23)20(17(11-14)29-2)30-13-19(26)27/h4-8,10-12H,3,9,13H2,1-2H3,(H,26,27)/p-1/b18-12+,24-22?. The molecule has 31 heavy (non-hydrogen) atoms. The van der Waals surface area contributed by atoms with Crippen LogP contribution in [0.25, 0.3) is 6.08 Å². The van der Waals surface area contributed by atoms with Crippen LogP contribution in [0.4, 0.5) is 5.69 Å². The largest absolute Gasteiger partial charge is 0.546 e. The number of aliphatic imine (C=N–C) groups is 1. The van der Waals surface area contributed by atoms with E-state index in [1.54, 1.807) is 23.1 Å². The molecule has 0 aliphatic carbocycles. The summed E-state index contributed by atoms with van der Waals surface area (Å²) in [5.41, 5.74) is 1.51. The third-order valence-electron chi connectivity index (χ3n) is 4.20. The summed E-state index contributed by atoms with van der Waals surface area (Å²) in [6.07, 6.45) is 2.58. The first-order chi connectivity index (χ1) is 14.9. The van der Waals surface area contributed by atoms with E-state index < -0.39 is 12.6 Å². The highest BCUT2D eigenvalue weighted by atomic mass is 127. The zero-order valence-electron chi connectivity index (χ0n) is 17.0. The normalized spacial score (nSPS) is 16.2. The summed E-state index contributed by atoms with van der Waals surface area (Å²) >= 11 is 3.36. The van der Waals surface area contributed by atoms with Crippen molar-refractivity contribution in [1.82, 2.24) is 4.90 Å². The highest BCUT2D eigenvalue weighted by molar-refractivity contribution is 14.1. The zero-order chi connectivity index (χ0) is 22.4. The molecule has 0 atom stereocenters. The maximum Gasteiger partial charge on any atom is 0.266 e. The Morgan fingerprint density at radius 1 is 1.29 bits per heavy atom. The van der Waals surface area contributed by atoms with Crippen molar-refractivity contribution in [3.63, 3.8) is 0 Å². The highest BCUT2D eigenvalue weighted by Crippen LogP contribution is 2.38. The topological polar surface area (TPSA) is 91.3 Å². The number of hydrogen-bond donors (Lipinski definition) is 0. The van der Waals surface area contributed by atoms with Crippen LogP contribution < -0.4 is 14.6 Å². The number of carboxylic acid groups (broad SMARTS) is 1. The number of ether oxygens (including phenoxy) is 2. The third-order valence-corrected chi connectivity index (χ3v) is 6.01. The minimum absolute atomic E-state index is 0.104. The molecule has 2 aromatic rings. The molecule has 1 saturated heterocycles. The maximum atomic E-state index is 13.0. The molecule has 1 heterocycles. The van der Waals surface area contributed by atoms with Gasteiger partial charge in [-0.05, 0) is 76.7 Å². The van der Waals surface area contributed by atoms with E-state index in [2.05, 4.69) is 4.99 Å². The fourth-order valence-electron chi connectivity index (χ4n) is 2.87. The summed E-state index contributed by atoms with van der Waals surface area (Å²) in [5, 5.41) is 11.4. The van der Waals surface area contributed by atoms with E-state index in [-0.39, 0.29) is 5.91 Å². The first kappa shape index (κ1) is 23.1. The SMILES string of the molecule is CCCN1C(=O)/C(=C\c2cc(I)c(OCC(=O)[O-])c(OC)c2)SC1=Nc1ccccc1. The highest BCUT2D eigenvalue weighted by Gasteiger charge is 2.32. The number of carbonyl (C=O) groups excluding carboxylic acids is 2. The number of carboxylic acids is 1. The molecule has 162 valence electrons. The Morgan fingerprint density at radius 3 is 2.68 bits per heavy atom. The van der Waals surface area contributed by atoms with Gasteiger partial charge in [0.1, 0.15) is 6.61 Å². The second kappa shape index (κ2) is 10.7. The van der Waals surface area contributed by atoms with Gasteiger partial charge in [-0.3, -0.25) is 9.69 Å². The lowest BCUT2D eigenvalue weighted by Crippen LogP contribution is -2.29. The van der Waals surface area contributed by atoms with Crippen LogP contribution in [0.1, 0.15) is 18.9 Å². The number of nitrogens with zero attached hydrogens (tertiary/aromatic N) is 2. The van der Waals surface area contributed by atoms with Gasteiger partial charge in [-0.2, -0.15) is 0 Å². The fourth-order valence-corrected chi connectivity index (χ4v) is 4.68. The number of thioether (sulfide) groups is 1. The molecule has 7 nitrogen and oxygen atoms in total. The Labute approximate surface area is 198 Å². The smallest absolute Gasteiger partial charge is 0.266 e. The van der Waals surface area contributed by atoms with Gasteiger partial charge in [0.05, 0.1) is 27.2 Å². The molecule has 1 amide bonds. The molecule has 1 fully saturated rings. The number of hydrogen-bond acceptors (Lipinski definition) is 7. The van der Waals surface area contributed by atoms with Crippen molar-refractivity contribution in [2.75, 3.05) is 20.3 Å². The molecular formula is C22H20IN2O5S-. The number of aliphatic carboxylic acids is 1. The molecule has 0 radical (unpaired) electrons. The Morgan fingerprint density at radius 2 is 2.03 bits per heavy atom. The summed E-state index contributed by atoms with van der Waals surface area (Å²) in [6.45, 7) is 2.01. The van der Waals surface area contributed by atoms with Gasteiger partial charge in [0, 0.05) is 6.54 Å². The summed E-state index contributed by atoms with van der Waals surface area (Å²) in [5.74, 6) is -0.733. The molecule has 1 aliphatic heterocycles. The van der Waals surface area contributed by atoms with Gasteiger partial charge in [0.25, 0.3) is 5.91 Å². The van der Waals surface area contributed by atoms with Crippen molar-refractivity contribution < 1.29 is 24.2 Å². The van der Waals surface area contributed by atoms with Crippen LogP contribution in [-0.2, 0) is 9.59 Å². The molecule has 2 aromatic carbocycles. The quantitative estimate of drug-likeness (QED) is 0.369. The van der Waals surface area contributed by atoms with Gasteiger partial charge < -0.3 is 19.4 Å². The Hall–Kier alpha value is -2.53. The van der Waals surface area contributed by atoms with Gasteiger partial charge in [-0.15, -0.1) is 0 Å². The van der Waals surface area contributed by atoms with Gasteiger partial charge in [-0.1, -0.05) is 25.1 Å². The van der Waals surface area contributed by atoms with E-state index in [9.17, 15) is 14.7 Å². The average Bonchev–Trinajstić information content (AvgIpc) is 3.02. The summed E-state index contributed by atoms with van der Waals surface area (Å²) in [7, 11) is 1.47. The second-order valence-electron chi connectivity index (χ2n) is 6.49. The molecule has 1 aliphatic rings. The molecule has 0 bridgehead atoms. The first-order valence-corrected chi connectivity index (χ1v) is 11.4. The molecule has 0 N–H and O–H groups in total. The predicted molar refractivity (Wildman–Crippen MR) is 127 cm³/mol. The van der Waals surface area contributed by atoms with Crippen LogP contribution in [0.3, 0.4) is 0 Å². The minimum Gasteiger partial charge on any atom is -0.546 e. The lowest BCUT2D eigenvalue weighted by Gasteiger charge is -2.14. The summed E-state index contributed by atoms with van der Waals surface area (Å²) in [4.78, 5) is 30.6. The Balaban J connectivity index is 1.93. The van der Waals surface area contributed by atoms with Crippen LogP contribution in [0, 0.1) is 3.57 Å². The number of methoxy groups -OCH3 is 1. The van der Waals surface area contributed by atoms with Crippen LogP contribution in [0.15, 0.2) is 52.4 Å². The number of amidine groups is 1. The van der Waals surface area contributed by atoms with Crippen molar-refractivity contribution >= 4 is 63.2 Å². The number of benzene rings is 2. The Kier molecular flexibility index (Phi) is 7.97. The zero-order valence-corrected chi connectivity index (χ0v) is 19.9. The van der Waals surface area contributed by atoms with Crippen molar-refractivity contribution in [2.45, 2.75) is 13.3 Å². The average molecular weight is 551 g/mol. The van der Waals surface area contributed by atoms with Crippen LogP contribution >= 0.6 is 34.4 Å². The van der Waals surface area contributed by atoms with Gasteiger partial charge in [0.15, 0.2) is 16.7 Å². The molecule has 9 heteroatoms. The molecule has 3 rings (SSSR count). The summed E-state index contributed by atoms with van der Waals surface area (Å²) < 4.78 is 11.3. The van der Waals surface area contributed by atoms with Gasteiger partial charge >= 0.3 is 0 Å². The van der Waals surface area contributed by atoms with E-state index in [1.807, 2.05) is 59.8 Å². The van der Waals surface area contributed by atoms with Crippen LogP contribution in [0.5, 0.6) is 11.5 Å². The Bertz CT molecular complexity index is 1040. The van der Waals surface area contributed by atoms with E-state index >= 15 is 0 Å². The lowest BCUT2D eigenvalue weighted by atomic mass is 10.2. The van der Waals surface area contributed by atoms with Crippen molar-refractivity contribution in [3.05, 3.63) is 56.5 Å². The molecule has 0 aromatic heterocycles. The molecular weight excluding hydrogens is 531 g/mol. The lowest BCUT2D eigenvalue weighted by molar-refractivity contribution is -0.307. The number of carbonyl (C=O) groups is 2. The van der Waals surface area contributed by atoms with Crippen LogP contribution in [0.2, 0.25) is 0 Å². The number of amides is 1. The molecule has 0 unspecified atom stereocenters. The van der Waals surface area contributed by atoms with Crippen LogP contribution in [-0.4, -0.2) is 42.2 Å². The van der Waals surface area contributed by atoms with Gasteiger partial charge in [0.2, 0.25) is 0 Å². The predicted octanol–water partition coefficient (Wildman–Crippen LogP) is 3.44. The third kappa shape index (κ3) is 5.79. The van der Waals surface area contributed by atoms with E-state index in [0.29, 0.717) is 31.7 Å². The molecule has 0 spiro atoms. The molecule has 0 saturated carbocycles. The summed E-state index contributed by atoms with van der Waals surface area (Å²) in [6, 6.07) is 13.0. The van der Waals surface area contributed by atoms with Gasteiger partial charge in [-0.25, -0.2) is 4.99 Å².